The molecule has 0 unspecified atom stereocenters. The van der Waals surface area contributed by atoms with Crippen LogP contribution < -0.4 is 5.32 Å². The van der Waals surface area contributed by atoms with E-state index in [0.717, 1.165) is 5.56 Å². The topological polar surface area (TPSA) is 79.5 Å². The van der Waals surface area contributed by atoms with Crippen molar-refractivity contribution in [2.45, 2.75) is 13.5 Å². The Morgan fingerprint density at radius 2 is 1.89 bits per heavy atom. The standard InChI is InChI=1S/C14H13NO4/c1-9-12(6-7-19-9)13(16)15-8-10-2-4-11(5-3-10)14(17)18/h2-7H,8H2,1H3,(H,15,16)(H,17,18). The normalized spacial score (nSPS) is 10.2. The Balaban J connectivity index is 1.97. The van der Waals surface area contributed by atoms with Crippen molar-refractivity contribution in [2.75, 3.05) is 0 Å². The van der Waals surface area contributed by atoms with Crippen LogP contribution in [0.1, 0.15) is 32.0 Å². The Morgan fingerprint density at radius 1 is 1.21 bits per heavy atom. The number of carbonyl (C=O) groups excluding carboxylic acids is 1. The second-order valence-corrected chi connectivity index (χ2v) is 4.08. The number of hydrogen-bond donors (Lipinski definition) is 2. The molecule has 5 nitrogen and oxygen atoms in total. The Morgan fingerprint density at radius 3 is 2.42 bits per heavy atom. The number of furan rings is 1. The number of carboxylic acid groups (broad SMARTS) is 1. The quantitative estimate of drug-likeness (QED) is 0.882. The highest BCUT2D eigenvalue weighted by molar-refractivity contribution is 5.95. The molecule has 0 aliphatic rings. The average Bonchev–Trinajstić information content (AvgIpc) is 2.83. The Kier molecular flexibility index (Phi) is 3.66. The molecule has 2 N–H and O–H groups in total. The Labute approximate surface area is 109 Å². The van der Waals surface area contributed by atoms with Crippen LogP contribution in [0.5, 0.6) is 0 Å². The van der Waals surface area contributed by atoms with E-state index in [-0.39, 0.29) is 11.5 Å². The smallest absolute Gasteiger partial charge is 0.335 e. The highest BCUT2D eigenvalue weighted by atomic mass is 16.4. The van der Waals surface area contributed by atoms with Gasteiger partial charge in [0.05, 0.1) is 17.4 Å². The number of rotatable bonds is 4. The number of aryl methyl sites for hydroxylation is 1. The molecule has 2 aromatic rings. The molecule has 1 heterocycles. The first-order chi connectivity index (χ1) is 9.08. The lowest BCUT2D eigenvalue weighted by Gasteiger charge is -2.05. The van der Waals surface area contributed by atoms with Crippen LogP contribution in [0.3, 0.4) is 0 Å². The predicted octanol–water partition coefficient (Wildman–Crippen LogP) is 2.22. The Bertz CT molecular complexity index is 598. The lowest BCUT2D eigenvalue weighted by molar-refractivity contribution is 0.0696. The van der Waals surface area contributed by atoms with E-state index in [1.54, 1.807) is 25.1 Å². The monoisotopic (exact) mass is 259 g/mol. The van der Waals surface area contributed by atoms with Crippen LogP contribution in [0.2, 0.25) is 0 Å². The maximum Gasteiger partial charge on any atom is 0.335 e. The summed E-state index contributed by atoms with van der Waals surface area (Å²) in [5.74, 6) is -0.614. The molecule has 1 aromatic carbocycles. The molecule has 0 atom stereocenters. The highest BCUT2D eigenvalue weighted by Crippen LogP contribution is 2.09. The number of aromatic carboxylic acids is 1. The van der Waals surface area contributed by atoms with E-state index >= 15 is 0 Å². The van der Waals surface area contributed by atoms with Gasteiger partial charge in [-0.2, -0.15) is 0 Å². The first-order valence-electron chi connectivity index (χ1n) is 5.72. The third-order valence-corrected chi connectivity index (χ3v) is 2.76. The minimum absolute atomic E-state index is 0.214. The zero-order valence-corrected chi connectivity index (χ0v) is 10.3. The summed E-state index contributed by atoms with van der Waals surface area (Å²) in [6.07, 6.45) is 1.46. The first kappa shape index (κ1) is 12.9. The third kappa shape index (κ3) is 3.01. The minimum Gasteiger partial charge on any atom is -0.478 e. The zero-order chi connectivity index (χ0) is 13.8. The van der Waals surface area contributed by atoms with E-state index in [0.29, 0.717) is 17.9 Å². The van der Waals surface area contributed by atoms with E-state index in [1.807, 2.05) is 0 Å². The number of carbonyl (C=O) groups is 2. The van der Waals surface area contributed by atoms with Gasteiger partial charge in [0.25, 0.3) is 5.91 Å². The SMILES string of the molecule is Cc1occc1C(=O)NCc1ccc(C(=O)O)cc1. The van der Waals surface area contributed by atoms with Crippen LogP contribution in [0.4, 0.5) is 0 Å². The van der Waals surface area contributed by atoms with Gasteiger partial charge in [0.15, 0.2) is 0 Å². The fourth-order valence-electron chi connectivity index (χ4n) is 1.66. The molecular formula is C14H13NO4. The molecule has 0 bridgehead atoms. The van der Waals surface area contributed by atoms with E-state index in [9.17, 15) is 9.59 Å². The van der Waals surface area contributed by atoms with E-state index in [4.69, 9.17) is 9.52 Å². The van der Waals surface area contributed by atoms with E-state index < -0.39 is 5.97 Å². The molecule has 19 heavy (non-hydrogen) atoms. The fraction of sp³-hybridized carbons (Fsp3) is 0.143. The minimum atomic E-state index is -0.968. The van der Waals surface area contributed by atoms with Gasteiger partial charge < -0.3 is 14.8 Å². The highest BCUT2D eigenvalue weighted by Gasteiger charge is 2.10. The van der Waals surface area contributed by atoms with E-state index in [2.05, 4.69) is 5.32 Å². The van der Waals surface area contributed by atoms with Gasteiger partial charge in [0.2, 0.25) is 0 Å². The van der Waals surface area contributed by atoms with Gasteiger partial charge in [-0.3, -0.25) is 4.79 Å². The molecule has 0 saturated heterocycles. The number of carboxylic acids is 1. The van der Waals surface area contributed by atoms with Crippen molar-refractivity contribution in [1.29, 1.82) is 0 Å². The Hall–Kier alpha value is -2.56. The zero-order valence-electron chi connectivity index (χ0n) is 10.3. The molecule has 0 spiro atoms. The van der Waals surface area contributed by atoms with Gasteiger partial charge in [0.1, 0.15) is 5.76 Å². The summed E-state index contributed by atoms with van der Waals surface area (Å²) >= 11 is 0. The van der Waals surface area contributed by atoms with Crippen LogP contribution in [-0.4, -0.2) is 17.0 Å². The molecule has 5 heteroatoms. The second kappa shape index (κ2) is 5.39. The van der Waals surface area contributed by atoms with Gasteiger partial charge in [-0.15, -0.1) is 0 Å². The van der Waals surface area contributed by atoms with Gasteiger partial charge >= 0.3 is 5.97 Å². The molecule has 0 saturated carbocycles. The van der Waals surface area contributed by atoms with Gasteiger partial charge in [-0.1, -0.05) is 12.1 Å². The summed E-state index contributed by atoms with van der Waals surface area (Å²) in [7, 11) is 0. The number of amides is 1. The molecule has 2 rings (SSSR count). The summed E-state index contributed by atoms with van der Waals surface area (Å²) in [5, 5.41) is 11.5. The van der Waals surface area contributed by atoms with Gasteiger partial charge in [-0.05, 0) is 30.7 Å². The maximum absolute atomic E-state index is 11.8. The molecule has 1 aromatic heterocycles. The largest absolute Gasteiger partial charge is 0.478 e. The van der Waals surface area contributed by atoms with Crippen molar-refractivity contribution in [2.24, 2.45) is 0 Å². The fourth-order valence-corrected chi connectivity index (χ4v) is 1.66. The molecule has 0 fully saturated rings. The molecule has 0 radical (unpaired) electrons. The van der Waals surface area contributed by atoms with E-state index in [1.165, 1.54) is 18.4 Å². The molecular weight excluding hydrogens is 246 g/mol. The molecule has 0 aliphatic carbocycles. The summed E-state index contributed by atoms with van der Waals surface area (Å²) in [5.41, 5.74) is 1.56. The summed E-state index contributed by atoms with van der Waals surface area (Å²) in [6.45, 7) is 2.06. The van der Waals surface area contributed by atoms with Crippen LogP contribution >= 0.6 is 0 Å². The van der Waals surface area contributed by atoms with Crippen LogP contribution in [0.15, 0.2) is 41.0 Å². The summed E-state index contributed by atoms with van der Waals surface area (Å²) < 4.78 is 5.05. The van der Waals surface area contributed by atoms with Gasteiger partial charge in [0, 0.05) is 6.54 Å². The second-order valence-electron chi connectivity index (χ2n) is 4.08. The summed E-state index contributed by atoms with van der Waals surface area (Å²) in [4.78, 5) is 22.5. The van der Waals surface area contributed by atoms with Crippen molar-refractivity contribution in [3.63, 3.8) is 0 Å². The number of nitrogens with one attached hydrogen (secondary N) is 1. The lowest BCUT2D eigenvalue weighted by atomic mass is 10.1. The molecule has 0 aliphatic heterocycles. The average molecular weight is 259 g/mol. The van der Waals surface area contributed by atoms with Crippen molar-refractivity contribution in [1.82, 2.24) is 5.32 Å². The summed E-state index contributed by atoms with van der Waals surface area (Å²) in [6, 6.07) is 7.97. The van der Waals surface area contributed by atoms with Crippen LogP contribution in [0, 0.1) is 6.92 Å². The van der Waals surface area contributed by atoms with Crippen molar-refractivity contribution in [3.05, 3.63) is 59.0 Å². The van der Waals surface area contributed by atoms with Crippen molar-refractivity contribution < 1.29 is 19.1 Å². The first-order valence-corrected chi connectivity index (χ1v) is 5.72. The molecule has 98 valence electrons. The van der Waals surface area contributed by atoms with Crippen LogP contribution in [-0.2, 0) is 6.54 Å². The van der Waals surface area contributed by atoms with Crippen molar-refractivity contribution >= 4 is 11.9 Å². The molecule has 1 amide bonds. The predicted molar refractivity (Wildman–Crippen MR) is 68.0 cm³/mol. The number of benzene rings is 1. The number of hydrogen-bond acceptors (Lipinski definition) is 3. The maximum atomic E-state index is 11.8. The lowest BCUT2D eigenvalue weighted by Crippen LogP contribution is -2.22. The van der Waals surface area contributed by atoms with Gasteiger partial charge in [-0.25, -0.2) is 4.79 Å². The van der Waals surface area contributed by atoms with Crippen molar-refractivity contribution in [3.8, 4) is 0 Å². The van der Waals surface area contributed by atoms with Crippen LogP contribution in [0.25, 0.3) is 0 Å². The third-order valence-electron chi connectivity index (χ3n) is 2.76.